The second-order valence-corrected chi connectivity index (χ2v) is 2.77. The van der Waals surface area contributed by atoms with E-state index < -0.39 is 11.7 Å². The molecular formula is C9H15F3. The van der Waals surface area contributed by atoms with Crippen molar-refractivity contribution in [2.24, 2.45) is 0 Å². The van der Waals surface area contributed by atoms with Crippen LogP contribution in [-0.4, -0.2) is 6.18 Å². The van der Waals surface area contributed by atoms with Crippen molar-refractivity contribution < 1.29 is 13.2 Å². The second-order valence-electron chi connectivity index (χ2n) is 2.77. The molecule has 0 unspecified atom stereocenters. The fraction of sp³-hybridized carbons (Fsp3) is 0.778. The van der Waals surface area contributed by atoms with Crippen LogP contribution in [0.25, 0.3) is 0 Å². The molecule has 0 aliphatic heterocycles. The smallest absolute Gasteiger partial charge is 0.166 e. The Morgan fingerprint density at radius 1 is 1.25 bits per heavy atom. The summed E-state index contributed by atoms with van der Waals surface area (Å²) < 4.78 is 36.2. The Labute approximate surface area is 71.5 Å². The van der Waals surface area contributed by atoms with Crippen LogP contribution < -0.4 is 0 Å². The lowest BCUT2D eigenvalue weighted by molar-refractivity contribution is -0.0942. The largest absolute Gasteiger partial charge is 0.412 e. The molecule has 0 N–H and O–H groups in total. The topological polar surface area (TPSA) is 0 Å². The predicted octanol–water partition coefficient (Wildman–Crippen LogP) is 4.08. The van der Waals surface area contributed by atoms with Gasteiger partial charge in [0.15, 0.2) is 0 Å². The fourth-order valence-corrected chi connectivity index (χ4v) is 1.02. The summed E-state index contributed by atoms with van der Waals surface area (Å²) in [5.74, 6) is 0. The van der Waals surface area contributed by atoms with Crippen molar-refractivity contribution in [3.05, 3.63) is 11.6 Å². The van der Waals surface area contributed by atoms with Gasteiger partial charge in [0.2, 0.25) is 0 Å². The summed E-state index contributed by atoms with van der Waals surface area (Å²) in [7, 11) is 0. The van der Waals surface area contributed by atoms with Crippen molar-refractivity contribution in [2.75, 3.05) is 0 Å². The maximum Gasteiger partial charge on any atom is 0.412 e. The summed E-state index contributed by atoms with van der Waals surface area (Å²) in [6.07, 6.45) is -0.343. The highest BCUT2D eigenvalue weighted by Crippen LogP contribution is 2.29. The van der Waals surface area contributed by atoms with E-state index in [4.69, 9.17) is 0 Å². The molecule has 72 valence electrons. The molecule has 3 heteroatoms. The minimum atomic E-state index is -4.12. The maximum absolute atomic E-state index is 12.1. The van der Waals surface area contributed by atoms with Crippen molar-refractivity contribution in [1.82, 2.24) is 0 Å². The third kappa shape index (κ3) is 4.42. The zero-order valence-corrected chi connectivity index (χ0v) is 7.54. The Kier molecular flexibility index (Phi) is 5.02. The van der Waals surface area contributed by atoms with Gasteiger partial charge in [-0.05, 0) is 19.8 Å². The van der Waals surface area contributed by atoms with Gasteiger partial charge in [-0.2, -0.15) is 13.2 Å². The molecule has 0 saturated heterocycles. The first kappa shape index (κ1) is 11.5. The van der Waals surface area contributed by atoms with Gasteiger partial charge in [-0.25, -0.2) is 0 Å². The van der Waals surface area contributed by atoms with E-state index in [2.05, 4.69) is 0 Å². The van der Waals surface area contributed by atoms with Crippen LogP contribution in [0.4, 0.5) is 13.2 Å². The zero-order chi connectivity index (χ0) is 9.61. The van der Waals surface area contributed by atoms with Gasteiger partial charge in [-0.1, -0.05) is 25.8 Å². The first-order valence-electron chi connectivity index (χ1n) is 4.24. The quantitative estimate of drug-likeness (QED) is 0.451. The molecule has 0 atom stereocenters. The van der Waals surface area contributed by atoms with Gasteiger partial charge in [0.05, 0.1) is 0 Å². The number of hydrogen-bond acceptors (Lipinski definition) is 0. The van der Waals surface area contributed by atoms with Crippen LogP contribution in [-0.2, 0) is 0 Å². The number of alkyl halides is 3. The van der Waals surface area contributed by atoms with Gasteiger partial charge in [-0.3, -0.25) is 0 Å². The standard InChI is InChI=1S/C9H15F3/c1-3-5-6-7-8(4-2)9(10,11)12/h4H,3,5-7H2,1-2H3/b8-4+. The Hall–Kier alpha value is -0.470. The van der Waals surface area contributed by atoms with Crippen molar-refractivity contribution in [3.8, 4) is 0 Å². The van der Waals surface area contributed by atoms with Crippen molar-refractivity contribution >= 4 is 0 Å². The molecule has 0 aliphatic rings. The first-order chi connectivity index (χ1) is 5.52. The molecule has 0 bridgehead atoms. The van der Waals surface area contributed by atoms with E-state index in [0.29, 0.717) is 6.42 Å². The summed E-state index contributed by atoms with van der Waals surface area (Å²) in [5.41, 5.74) is -0.393. The molecule has 0 saturated carbocycles. The number of allylic oxidation sites excluding steroid dienone is 2. The van der Waals surface area contributed by atoms with E-state index in [1.807, 2.05) is 6.92 Å². The van der Waals surface area contributed by atoms with E-state index in [1.54, 1.807) is 0 Å². The lowest BCUT2D eigenvalue weighted by atomic mass is 10.1. The molecule has 0 aliphatic carbocycles. The van der Waals surface area contributed by atoms with E-state index in [9.17, 15) is 13.2 Å². The van der Waals surface area contributed by atoms with Crippen LogP contribution >= 0.6 is 0 Å². The van der Waals surface area contributed by atoms with Crippen LogP contribution in [0.2, 0.25) is 0 Å². The minimum absolute atomic E-state index is 0.161. The number of halogens is 3. The van der Waals surface area contributed by atoms with Crippen LogP contribution in [0.1, 0.15) is 39.5 Å². The number of rotatable bonds is 4. The highest BCUT2D eigenvalue weighted by Gasteiger charge is 2.31. The van der Waals surface area contributed by atoms with Crippen LogP contribution in [0, 0.1) is 0 Å². The molecule has 0 aromatic rings. The molecular weight excluding hydrogens is 165 g/mol. The number of unbranched alkanes of at least 4 members (excludes halogenated alkanes) is 2. The monoisotopic (exact) mass is 180 g/mol. The highest BCUT2D eigenvalue weighted by molar-refractivity contribution is 5.07. The normalized spacial score (nSPS) is 13.6. The molecule has 0 spiro atoms. The highest BCUT2D eigenvalue weighted by atomic mass is 19.4. The Balaban J connectivity index is 3.87. The Morgan fingerprint density at radius 2 is 1.83 bits per heavy atom. The van der Waals surface area contributed by atoms with Gasteiger partial charge in [0.1, 0.15) is 0 Å². The van der Waals surface area contributed by atoms with Gasteiger partial charge in [0.25, 0.3) is 0 Å². The summed E-state index contributed by atoms with van der Waals surface area (Å²) in [5, 5.41) is 0. The Morgan fingerprint density at radius 3 is 2.17 bits per heavy atom. The van der Waals surface area contributed by atoms with Crippen LogP contribution in [0.15, 0.2) is 11.6 Å². The van der Waals surface area contributed by atoms with Crippen LogP contribution in [0.3, 0.4) is 0 Å². The molecule has 0 amide bonds. The van der Waals surface area contributed by atoms with Gasteiger partial charge in [-0.15, -0.1) is 0 Å². The fourth-order valence-electron chi connectivity index (χ4n) is 1.02. The van der Waals surface area contributed by atoms with E-state index in [-0.39, 0.29) is 6.42 Å². The molecule has 0 aromatic carbocycles. The lowest BCUT2D eigenvalue weighted by Gasteiger charge is -2.10. The van der Waals surface area contributed by atoms with Crippen molar-refractivity contribution in [2.45, 2.75) is 45.7 Å². The molecule has 0 fully saturated rings. The first-order valence-corrected chi connectivity index (χ1v) is 4.24. The third-order valence-corrected chi connectivity index (χ3v) is 1.76. The minimum Gasteiger partial charge on any atom is -0.166 e. The van der Waals surface area contributed by atoms with E-state index in [1.165, 1.54) is 6.92 Å². The SMILES string of the molecule is C/C=C(\CCCCC)C(F)(F)F. The molecule has 12 heavy (non-hydrogen) atoms. The van der Waals surface area contributed by atoms with Gasteiger partial charge in [0, 0.05) is 5.57 Å². The van der Waals surface area contributed by atoms with E-state index in [0.717, 1.165) is 18.9 Å². The molecule has 0 nitrogen and oxygen atoms in total. The average molecular weight is 180 g/mol. The molecule has 0 aromatic heterocycles. The Bertz CT molecular complexity index is 144. The van der Waals surface area contributed by atoms with Gasteiger partial charge < -0.3 is 0 Å². The predicted molar refractivity (Wildman–Crippen MR) is 44.0 cm³/mol. The van der Waals surface area contributed by atoms with E-state index >= 15 is 0 Å². The number of hydrogen-bond donors (Lipinski definition) is 0. The molecule has 0 heterocycles. The summed E-state index contributed by atoms with van der Waals surface area (Å²) in [4.78, 5) is 0. The summed E-state index contributed by atoms with van der Waals surface area (Å²) >= 11 is 0. The zero-order valence-electron chi connectivity index (χ0n) is 7.54. The molecule has 0 radical (unpaired) electrons. The van der Waals surface area contributed by atoms with Crippen LogP contribution in [0.5, 0.6) is 0 Å². The van der Waals surface area contributed by atoms with Crippen molar-refractivity contribution in [3.63, 3.8) is 0 Å². The lowest BCUT2D eigenvalue weighted by Crippen LogP contribution is -2.11. The van der Waals surface area contributed by atoms with Gasteiger partial charge >= 0.3 is 6.18 Å². The summed E-state index contributed by atoms with van der Waals surface area (Å²) in [6.45, 7) is 3.41. The summed E-state index contributed by atoms with van der Waals surface area (Å²) in [6, 6.07) is 0. The third-order valence-electron chi connectivity index (χ3n) is 1.76. The maximum atomic E-state index is 12.1. The molecule has 0 rings (SSSR count). The average Bonchev–Trinajstić information content (AvgIpc) is 1.95. The van der Waals surface area contributed by atoms with Crippen molar-refractivity contribution in [1.29, 1.82) is 0 Å². The second kappa shape index (κ2) is 5.22.